The van der Waals surface area contributed by atoms with Gasteiger partial charge in [-0.3, -0.25) is 9.59 Å². The van der Waals surface area contributed by atoms with Gasteiger partial charge in [-0.2, -0.15) is 0 Å². The van der Waals surface area contributed by atoms with Crippen LogP contribution in [0.4, 0.5) is 0 Å². The molecule has 25 heavy (non-hydrogen) atoms. The summed E-state index contributed by atoms with van der Waals surface area (Å²) in [5.41, 5.74) is 1.36. The van der Waals surface area contributed by atoms with Crippen LogP contribution in [0.1, 0.15) is 76.3 Å². The zero-order chi connectivity index (χ0) is 18.4. The van der Waals surface area contributed by atoms with Gasteiger partial charge in [0.1, 0.15) is 0 Å². The summed E-state index contributed by atoms with van der Waals surface area (Å²) in [4.78, 5) is 25.0. The number of rotatable bonds is 7. The van der Waals surface area contributed by atoms with Crippen LogP contribution in [0.2, 0.25) is 0 Å². The molecule has 0 aromatic heterocycles. The molecule has 0 aliphatic heterocycles. The van der Waals surface area contributed by atoms with Gasteiger partial charge in [0.15, 0.2) is 5.41 Å². The van der Waals surface area contributed by atoms with Crippen LogP contribution in [-0.4, -0.2) is 25.2 Å². The normalized spacial score (nSPS) is 20.1. The molecule has 0 spiro atoms. The molecule has 0 N–H and O–H groups in total. The molecular weight excluding hydrogens is 316 g/mol. The van der Waals surface area contributed by atoms with Crippen molar-refractivity contribution in [2.24, 2.45) is 5.41 Å². The maximum absolute atomic E-state index is 12.5. The number of benzene rings is 1. The molecule has 0 bridgehead atoms. The highest BCUT2D eigenvalue weighted by atomic mass is 16.6. The molecule has 1 fully saturated rings. The third-order valence-corrected chi connectivity index (χ3v) is 5.44. The maximum Gasteiger partial charge on any atom is 0.323 e. The lowest BCUT2D eigenvalue weighted by molar-refractivity contribution is -0.171. The van der Waals surface area contributed by atoms with E-state index in [1.807, 2.05) is 0 Å². The van der Waals surface area contributed by atoms with Crippen molar-refractivity contribution in [3.8, 4) is 0 Å². The predicted octanol–water partition coefficient (Wildman–Crippen LogP) is 4.58. The smallest absolute Gasteiger partial charge is 0.323 e. The van der Waals surface area contributed by atoms with E-state index in [2.05, 4.69) is 38.1 Å². The van der Waals surface area contributed by atoms with E-state index in [-0.39, 0.29) is 19.1 Å². The minimum absolute atomic E-state index is 0.180. The van der Waals surface area contributed by atoms with E-state index in [1.54, 1.807) is 13.8 Å². The van der Waals surface area contributed by atoms with Crippen LogP contribution in [0.3, 0.4) is 0 Å². The van der Waals surface area contributed by atoms with E-state index in [4.69, 9.17) is 9.47 Å². The van der Waals surface area contributed by atoms with Crippen LogP contribution in [-0.2, 0) is 19.1 Å². The topological polar surface area (TPSA) is 52.6 Å². The van der Waals surface area contributed by atoms with Crippen LogP contribution in [0.25, 0.3) is 0 Å². The van der Waals surface area contributed by atoms with Gasteiger partial charge in [0.05, 0.1) is 13.2 Å². The first-order chi connectivity index (χ1) is 12.0. The molecule has 1 aromatic rings. The van der Waals surface area contributed by atoms with Crippen LogP contribution in [0.15, 0.2) is 24.3 Å². The Labute approximate surface area is 150 Å². The second-order valence-electron chi connectivity index (χ2n) is 6.94. The fraction of sp³-hybridized carbons (Fsp3) is 0.619. The van der Waals surface area contributed by atoms with Crippen molar-refractivity contribution >= 4 is 11.9 Å². The lowest BCUT2D eigenvalue weighted by atomic mass is 9.83. The summed E-state index contributed by atoms with van der Waals surface area (Å²) in [7, 11) is 0. The zero-order valence-corrected chi connectivity index (χ0v) is 15.8. The summed E-state index contributed by atoms with van der Waals surface area (Å²) in [6.45, 7) is 8.47. The third-order valence-electron chi connectivity index (χ3n) is 5.44. The molecule has 0 heterocycles. The van der Waals surface area contributed by atoms with Gasteiger partial charge in [0, 0.05) is 0 Å². The molecule has 2 rings (SSSR count). The van der Waals surface area contributed by atoms with Gasteiger partial charge in [0.25, 0.3) is 0 Å². The average molecular weight is 346 g/mol. The molecule has 1 aromatic carbocycles. The Bertz CT molecular complexity index is 572. The van der Waals surface area contributed by atoms with E-state index < -0.39 is 17.4 Å². The Morgan fingerprint density at radius 3 is 2.12 bits per heavy atom. The molecule has 138 valence electrons. The van der Waals surface area contributed by atoms with E-state index >= 15 is 0 Å². The summed E-state index contributed by atoms with van der Waals surface area (Å²) in [6, 6.07) is 8.60. The lowest BCUT2D eigenvalue weighted by Crippen LogP contribution is -2.40. The molecule has 4 heteroatoms. The fourth-order valence-corrected chi connectivity index (χ4v) is 3.65. The van der Waals surface area contributed by atoms with E-state index in [1.165, 1.54) is 11.1 Å². The Balaban J connectivity index is 2.20. The number of ether oxygens (including phenoxy) is 2. The van der Waals surface area contributed by atoms with Crippen molar-refractivity contribution in [3.05, 3.63) is 35.4 Å². The molecule has 0 amide bonds. The molecule has 1 aliphatic carbocycles. The van der Waals surface area contributed by atoms with Gasteiger partial charge < -0.3 is 9.47 Å². The number of carbonyl (C=O) groups excluding carboxylic acids is 2. The van der Waals surface area contributed by atoms with E-state index in [9.17, 15) is 9.59 Å². The summed E-state index contributed by atoms with van der Waals surface area (Å²) in [5.74, 6) is -0.157. The SMILES string of the molecule is CCOC(=O)C1(C(=O)OCC)CCC(c2ccc(C(C)CC)cc2)C1. The zero-order valence-electron chi connectivity index (χ0n) is 15.8. The van der Waals surface area contributed by atoms with Crippen LogP contribution < -0.4 is 0 Å². The van der Waals surface area contributed by atoms with Gasteiger partial charge in [-0.15, -0.1) is 0 Å². The number of carbonyl (C=O) groups is 2. The second kappa shape index (κ2) is 8.50. The number of esters is 2. The van der Waals surface area contributed by atoms with E-state index in [0.29, 0.717) is 18.8 Å². The molecule has 2 atom stereocenters. The molecule has 1 aliphatic rings. The van der Waals surface area contributed by atoms with Crippen molar-refractivity contribution < 1.29 is 19.1 Å². The highest BCUT2D eigenvalue weighted by molar-refractivity contribution is 6.00. The van der Waals surface area contributed by atoms with Gasteiger partial charge >= 0.3 is 11.9 Å². The molecule has 0 saturated heterocycles. The van der Waals surface area contributed by atoms with Crippen LogP contribution >= 0.6 is 0 Å². The van der Waals surface area contributed by atoms with Crippen molar-refractivity contribution in [1.82, 2.24) is 0 Å². The number of hydrogen-bond acceptors (Lipinski definition) is 4. The monoisotopic (exact) mass is 346 g/mol. The van der Waals surface area contributed by atoms with Crippen molar-refractivity contribution in [1.29, 1.82) is 0 Å². The molecule has 1 saturated carbocycles. The predicted molar refractivity (Wildman–Crippen MR) is 97.4 cm³/mol. The van der Waals surface area contributed by atoms with Gasteiger partial charge in [-0.05, 0) is 62.5 Å². The molecule has 0 radical (unpaired) electrons. The lowest BCUT2D eigenvalue weighted by Gasteiger charge is -2.24. The Kier molecular flexibility index (Phi) is 6.63. The Morgan fingerprint density at radius 1 is 1.08 bits per heavy atom. The van der Waals surface area contributed by atoms with Crippen LogP contribution in [0, 0.1) is 5.41 Å². The molecule has 4 nitrogen and oxygen atoms in total. The standard InChI is InChI=1S/C21H30O4/c1-5-15(4)16-8-10-17(11-9-16)18-12-13-21(14-18,19(22)24-6-2)20(23)25-7-3/h8-11,15,18H,5-7,12-14H2,1-4H3. The van der Waals surface area contributed by atoms with Gasteiger partial charge in [-0.1, -0.05) is 38.1 Å². The van der Waals surface area contributed by atoms with Crippen molar-refractivity contribution in [3.63, 3.8) is 0 Å². The Hall–Kier alpha value is -1.84. The van der Waals surface area contributed by atoms with Crippen molar-refractivity contribution in [2.45, 2.75) is 65.2 Å². The largest absolute Gasteiger partial charge is 0.465 e. The summed E-state index contributed by atoms with van der Waals surface area (Å²) in [5, 5.41) is 0. The molecular formula is C21H30O4. The Morgan fingerprint density at radius 2 is 1.64 bits per heavy atom. The third kappa shape index (κ3) is 4.05. The summed E-state index contributed by atoms with van der Waals surface area (Å²) < 4.78 is 10.4. The first-order valence-electron chi connectivity index (χ1n) is 9.42. The van der Waals surface area contributed by atoms with Crippen LogP contribution in [0.5, 0.6) is 0 Å². The van der Waals surface area contributed by atoms with Gasteiger partial charge in [-0.25, -0.2) is 0 Å². The second-order valence-corrected chi connectivity index (χ2v) is 6.94. The minimum atomic E-state index is -1.15. The van der Waals surface area contributed by atoms with E-state index in [0.717, 1.165) is 12.8 Å². The maximum atomic E-state index is 12.5. The highest BCUT2D eigenvalue weighted by Crippen LogP contribution is 2.48. The first kappa shape index (κ1) is 19.5. The van der Waals surface area contributed by atoms with Gasteiger partial charge in [0.2, 0.25) is 0 Å². The average Bonchev–Trinajstić information content (AvgIpc) is 3.08. The first-order valence-corrected chi connectivity index (χ1v) is 9.42. The summed E-state index contributed by atoms with van der Waals surface area (Å²) >= 11 is 0. The number of hydrogen-bond donors (Lipinski definition) is 0. The quantitative estimate of drug-likeness (QED) is 0.536. The summed E-state index contributed by atoms with van der Waals surface area (Å²) in [6.07, 6.45) is 2.85. The van der Waals surface area contributed by atoms with Crippen molar-refractivity contribution in [2.75, 3.05) is 13.2 Å². The minimum Gasteiger partial charge on any atom is -0.465 e. The highest BCUT2D eigenvalue weighted by Gasteiger charge is 2.54. The fourth-order valence-electron chi connectivity index (χ4n) is 3.65. The molecule has 2 unspecified atom stereocenters.